The lowest BCUT2D eigenvalue weighted by atomic mass is 10.0. The first-order valence-electron chi connectivity index (χ1n) is 5.19. The third-order valence-corrected chi connectivity index (χ3v) is 2.95. The Bertz CT molecular complexity index is 563. The van der Waals surface area contributed by atoms with Gasteiger partial charge in [-0.25, -0.2) is 4.98 Å². The molecule has 0 fully saturated rings. The minimum absolute atomic E-state index is 0.406. The van der Waals surface area contributed by atoms with E-state index in [-0.39, 0.29) is 0 Å². The molecule has 0 bridgehead atoms. The highest BCUT2D eigenvalue weighted by Crippen LogP contribution is 2.34. The van der Waals surface area contributed by atoms with Gasteiger partial charge in [0.1, 0.15) is 5.75 Å². The average molecular weight is 252 g/mol. The number of benzene rings is 1. The van der Waals surface area contributed by atoms with E-state index in [1.807, 2.05) is 26.0 Å². The van der Waals surface area contributed by atoms with E-state index in [1.54, 1.807) is 7.11 Å². The van der Waals surface area contributed by atoms with E-state index in [1.165, 1.54) is 0 Å². The molecule has 2 rings (SSSR count). The molecule has 1 aromatic carbocycles. The summed E-state index contributed by atoms with van der Waals surface area (Å²) in [5, 5.41) is 0.564. The largest absolute Gasteiger partial charge is 0.495 e. The number of ether oxygens (including phenoxy) is 1. The molecule has 1 heterocycles. The smallest absolute Gasteiger partial charge is 0.198 e. The molecule has 0 aliphatic carbocycles. The summed E-state index contributed by atoms with van der Waals surface area (Å²) in [6, 6.07) is 3.74. The van der Waals surface area contributed by atoms with Crippen LogP contribution in [0, 0.1) is 13.8 Å². The van der Waals surface area contributed by atoms with Crippen molar-refractivity contribution in [2.45, 2.75) is 13.8 Å². The summed E-state index contributed by atoms with van der Waals surface area (Å²) in [6.45, 7) is 3.91. The number of rotatable bonds is 2. The Morgan fingerprint density at radius 1 is 1.35 bits per heavy atom. The molecule has 2 aromatic rings. The summed E-state index contributed by atoms with van der Waals surface area (Å²) in [7, 11) is 1.60. The highest BCUT2D eigenvalue weighted by molar-refractivity contribution is 6.32. The van der Waals surface area contributed by atoms with Crippen molar-refractivity contribution in [3.8, 4) is 17.0 Å². The molecule has 0 aliphatic rings. The second kappa shape index (κ2) is 4.30. The Labute approximate surface area is 105 Å². The molecule has 5 heteroatoms. The third-order valence-electron chi connectivity index (χ3n) is 2.66. The highest BCUT2D eigenvalue weighted by Gasteiger charge is 2.13. The van der Waals surface area contributed by atoms with Gasteiger partial charge in [-0.1, -0.05) is 11.6 Å². The number of aryl methyl sites for hydroxylation is 2. The lowest BCUT2D eigenvalue weighted by molar-refractivity contribution is 0.415. The van der Waals surface area contributed by atoms with Crippen molar-refractivity contribution in [1.82, 2.24) is 9.97 Å². The van der Waals surface area contributed by atoms with Crippen LogP contribution in [0.4, 0.5) is 5.95 Å². The van der Waals surface area contributed by atoms with Crippen molar-refractivity contribution in [2.75, 3.05) is 12.8 Å². The van der Waals surface area contributed by atoms with Gasteiger partial charge in [0.15, 0.2) is 5.95 Å². The average Bonchev–Trinajstić information content (AvgIpc) is 2.60. The van der Waals surface area contributed by atoms with Crippen LogP contribution in [-0.2, 0) is 0 Å². The molecule has 1 aromatic heterocycles. The zero-order chi connectivity index (χ0) is 12.6. The fourth-order valence-corrected chi connectivity index (χ4v) is 2.05. The zero-order valence-electron chi connectivity index (χ0n) is 9.97. The van der Waals surface area contributed by atoms with E-state index in [4.69, 9.17) is 22.1 Å². The van der Waals surface area contributed by atoms with Crippen LogP contribution in [0.2, 0.25) is 5.02 Å². The van der Waals surface area contributed by atoms with E-state index in [9.17, 15) is 0 Å². The fraction of sp³-hybridized carbons (Fsp3) is 0.250. The maximum absolute atomic E-state index is 6.12. The van der Waals surface area contributed by atoms with Gasteiger partial charge in [-0.05, 0) is 31.5 Å². The van der Waals surface area contributed by atoms with Gasteiger partial charge in [0, 0.05) is 11.3 Å². The number of methoxy groups -OCH3 is 1. The first-order chi connectivity index (χ1) is 8.02. The molecule has 0 spiro atoms. The number of nitrogens with two attached hydrogens (primary N) is 1. The molecule has 0 unspecified atom stereocenters. The lowest BCUT2D eigenvalue weighted by Gasteiger charge is -2.09. The highest BCUT2D eigenvalue weighted by atomic mass is 35.5. The number of halogens is 1. The van der Waals surface area contributed by atoms with Gasteiger partial charge < -0.3 is 15.5 Å². The Kier molecular flexibility index (Phi) is 2.98. The van der Waals surface area contributed by atoms with Crippen LogP contribution in [-0.4, -0.2) is 17.1 Å². The van der Waals surface area contributed by atoms with Gasteiger partial charge in [0.05, 0.1) is 17.8 Å². The summed E-state index contributed by atoms with van der Waals surface area (Å²) in [5.74, 6) is 1.07. The molecule has 17 heavy (non-hydrogen) atoms. The summed E-state index contributed by atoms with van der Waals surface area (Å²) in [6.07, 6.45) is 0. The number of imidazole rings is 1. The van der Waals surface area contributed by atoms with Crippen LogP contribution < -0.4 is 10.5 Å². The number of hydrogen-bond acceptors (Lipinski definition) is 3. The Morgan fingerprint density at radius 2 is 2.06 bits per heavy atom. The van der Waals surface area contributed by atoms with Crippen LogP contribution in [0.15, 0.2) is 12.1 Å². The van der Waals surface area contributed by atoms with Crippen LogP contribution >= 0.6 is 11.6 Å². The molecule has 90 valence electrons. The van der Waals surface area contributed by atoms with Gasteiger partial charge in [-0.2, -0.15) is 0 Å². The van der Waals surface area contributed by atoms with Gasteiger partial charge in [0.2, 0.25) is 0 Å². The number of aromatic nitrogens is 2. The number of hydrogen-bond donors (Lipinski definition) is 2. The zero-order valence-corrected chi connectivity index (χ0v) is 10.7. The van der Waals surface area contributed by atoms with Crippen LogP contribution in [0.3, 0.4) is 0 Å². The number of aromatic amines is 1. The molecule has 0 radical (unpaired) electrons. The van der Waals surface area contributed by atoms with Gasteiger partial charge >= 0.3 is 0 Å². The predicted octanol–water partition coefficient (Wildman–Crippen LogP) is 2.94. The number of H-pyrrole nitrogens is 1. The van der Waals surface area contributed by atoms with Gasteiger partial charge in [-0.3, -0.25) is 0 Å². The van der Waals surface area contributed by atoms with E-state index < -0.39 is 0 Å². The number of nitrogens with one attached hydrogen (secondary N) is 1. The molecule has 0 aliphatic heterocycles. The van der Waals surface area contributed by atoms with Crippen molar-refractivity contribution in [3.63, 3.8) is 0 Å². The molecular weight excluding hydrogens is 238 g/mol. The first kappa shape index (κ1) is 11.8. The molecular formula is C12H14ClN3O. The molecule has 0 saturated carbocycles. The van der Waals surface area contributed by atoms with Crippen LogP contribution in [0.1, 0.15) is 11.3 Å². The molecule has 0 saturated heterocycles. The summed E-state index contributed by atoms with van der Waals surface area (Å²) in [5.41, 5.74) is 9.39. The lowest BCUT2D eigenvalue weighted by Crippen LogP contribution is -1.91. The fourth-order valence-electron chi connectivity index (χ4n) is 1.81. The number of anilines is 1. The summed E-state index contributed by atoms with van der Waals surface area (Å²) >= 11 is 6.12. The molecule has 0 atom stereocenters. The van der Waals surface area contributed by atoms with Crippen LogP contribution in [0.5, 0.6) is 5.75 Å². The van der Waals surface area contributed by atoms with Crippen molar-refractivity contribution in [3.05, 3.63) is 28.4 Å². The molecule has 0 amide bonds. The summed E-state index contributed by atoms with van der Waals surface area (Å²) < 4.78 is 5.17. The predicted molar refractivity (Wildman–Crippen MR) is 69.5 cm³/mol. The van der Waals surface area contributed by atoms with Gasteiger partial charge in [-0.15, -0.1) is 0 Å². The van der Waals surface area contributed by atoms with Crippen molar-refractivity contribution < 1.29 is 4.74 Å². The SMILES string of the molecule is COc1cc(C)c(-c2nc(N)[nH]c2C)cc1Cl. The van der Waals surface area contributed by atoms with Crippen molar-refractivity contribution in [2.24, 2.45) is 0 Å². The van der Waals surface area contributed by atoms with E-state index >= 15 is 0 Å². The summed E-state index contributed by atoms with van der Waals surface area (Å²) in [4.78, 5) is 7.23. The normalized spacial score (nSPS) is 10.6. The first-order valence-corrected chi connectivity index (χ1v) is 5.57. The van der Waals surface area contributed by atoms with Crippen LogP contribution in [0.25, 0.3) is 11.3 Å². The Morgan fingerprint density at radius 3 is 2.59 bits per heavy atom. The van der Waals surface area contributed by atoms with E-state index in [0.29, 0.717) is 16.7 Å². The van der Waals surface area contributed by atoms with Crippen molar-refractivity contribution >= 4 is 17.5 Å². The maximum Gasteiger partial charge on any atom is 0.198 e. The topological polar surface area (TPSA) is 63.9 Å². The minimum Gasteiger partial charge on any atom is -0.495 e. The van der Waals surface area contributed by atoms with E-state index in [0.717, 1.165) is 22.5 Å². The van der Waals surface area contributed by atoms with Gasteiger partial charge in [0.25, 0.3) is 0 Å². The Hall–Kier alpha value is -1.68. The molecule has 4 nitrogen and oxygen atoms in total. The monoisotopic (exact) mass is 251 g/mol. The van der Waals surface area contributed by atoms with Crippen molar-refractivity contribution in [1.29, 1.82) is 0 Å². The molecule has 3 N–H and O–H groups in total. The second-order valence-corrected chi connectivity index (χ2v) is 4.30. The minimum atomic E-state index is 0.406. The standard InChI is InChI=1S/C12H14ClN3O/c1-6-4-10(17-3)9(13)5-8(6)11-7(2)15-12(14)16-11/h4-5H,1-3H3,(H3,14,15,16). The Balaban J connectivity index is 2.60. The maximum atomic E-state index is 6.12. The quantitative estimate of drug-likeness (QED) is 0.863. The van der Waals surface area contributed by atoms with E-state index in [2.05, 4.69) is 9.97 Å². The number of nitrogen functional groups attached to an aromatic ring is 1. The third kappa shape index (κ3) is 2.08. The number of nitrogens with zero attached hydrogens (tertiary/aromatic N) is 1. The second-order valence-electron chi connectivity index (χ2n) is 3.90.